The van der Waals surface area contributed by atoms with E-state index in [1.807, 2.05) is 0 Å². The van der Waals surface area contributed by atoms with Crippen molar-refractivity contribution in [2.45, 2.75) is 64.4 Å². The van der Waals surface area contributed by atoms with Crippen LogP contribution < -0.4 is 10.6 Å². The molecule has 3 rings (SSSR count). The summed E-state index contributed by atoms with van der Waals surface area (Å²) in [6, 6.07) is 2.79. The maximum Gasteiger partial charge on any atom is 0.329 e. The number of carbonyl (C=O) groups excluding carboxylic acids is 4. The van der Waals surface area contributed by atoms with Gasteiger partial charge in [-0.25, -0.2) is 9.78 Å². The van der Waals surface area contributed by atoms with E-state index < -0.39 is 65.7 Å². The lowest BCUT2D eigenvalue weighted by molar-refractivity contribution is -0.164. The molecular weight excluding hydrogens is 506 g/mol. The van der Waals surface area contributed by atoms with Crippen molar-refractivity contribution >= 4 is 23.7 Å². The zero-order valence-corrected chi connectivity index (χ0v) is 22.6. The van der Waals surface area contributed by atoms with Crippen molar-refractivity contribution in [2.24, 2.45) is 11.8 Å². The van der Waals surface area contributed by atoms with Gasteiger partial charge >= 0.3 is 5.97 Å². The van der Waals surface area contributed by atoms with Crippen LogP contribution >= 0.6 is 0 Å². The number of aliphatic hydroxyl groups excluding tert-OH is 1. The van der Waals surface area contributed by atoms with Gasteiger partial charge in [-0.2, -0.15) is 0 Å². The number of hydrogen-bond donors (Lipinski definition) is 4. The number of cyclic esters (lactones) is 1. The third-order valence-corrected chi connectivity index (χ3v) is 6.80. The Morgan fingerprint density at radius 3 is 2.49 bits per heavy atom. The van der Waals surface area contributed by atoms with Crippen LogP contribution in [0.4, 0.5) is 0 Å². The summed E-state index contributed by atoms with van der Waals surface area (Å²) in [4.78, 5) is 62.3. The minimum Gasteiger partial charge on any atom is -0.505 e. The fraction of sp³-hybridized carbons (Fsp3) is 0.481. The predicted octanol–water partition coefficient (Wildman–Crippen LogP) is 0.433. The smallest absolute Gasteiger partial charge is 0.329 e. The second-order valence-corrected chi connectivity index (χ2v) is 10.1. The molecular formula is C27H35N5O7. The Morgan fingerprint density at radius 2 is 1.87 bits per heavy atom. The number of aromatic hydroxyl groups is 1. The molecule has 6 atom stereocenters. The number of amides is 3. The molecule has 12 heteroatoms. The highest BCUT2D eigenvalue weighted by Gasteiger charge is 2.42. The maximum absolute atomic E-state index is 13.6. The molecule has 4 N–H and O–H groups in total. The molecule has 1 aliphatic heterocycles. The Balaban J connectivity index is 2.03. The highest BCUT2D eigenvalue weighted by molar-refractivity contribution is 5.98. The molecule has 12 nitrogen and oxygen atoms in total. The number of aromatic nitrogens is 2. The molecule has 0 aromatic carbocycles. The number of likely N-dealkylation sites (N-methyl/N-ethyl adjacent to an activating group) is 1. The van der Waals surface area contributed by atoms with Crippen LogP contribution in [-0.4, -0.2) is 86.2 Å². The molecule has 0 aliphatic carbocycles. The first-order valence-electron chi connectivity index (χ1n) is 12.7. The molecule has 3 heterocycles. The Morgan fingerprint density at radius 1 is 1.18 bits per heavy atom. The molecule has 2 aromatic rings. The second-order valence-electron chi connectivity index (χ2n) is 10.1. The molecule has 3 amide bonds. The third kappa shape index (κ3) is 6.88. The predicted molar refractivity (Wildman–Crippen MR) is 139 cm³/mol. The standard InChI is InChI=1S/C27H35N5O7/c1-14(2)22-27(38)39-16(4)20(31-25(36)21-19(33)9-7-11-29-21)24(35)30-18(12-17-8-6-10-28-13-17)23(34)15(3)26(37)32(22)5/h6-11,13-16,18,20,22-23,33-34H,12H2,1-5H3,(H,30,35)(H,31,36)/t15-,16-,18+,20+,22?,23+/m1/s1. The highest BCUT2D eigenvalue weighted by Crippen LogP contribution is 2.21. The Hall–Kier alpha value is -4.06. The lowest BCUT2D eigenvalue weighted by atomic mass is 9.90. The minimum atomic E-state index is -1.42. The number of nitrogens with zero attached hydrogens (tertiary/aromatic N) is 3. The van der Waals surface area contributed by atoms with Gasteiger partial charge in [-0.05, 0) is 43.0 Å². The van der Waals surface area contributed by atoms with Crippen molar-refractivity contribution in [1.29, 1.82) is 0 Å². The summed E-state index contributed by atoms with van der Waals surface area (Å²) in [5, 5.41) is 26.6. The molecule has 1 unspecified atom stereocenters. The Bertz CT molecular complexity index is 1190. The number of aliphatic hydroxyl groups is 1. The Kier molecular flexibility index (Phi) is 9.57. The van der Waals surface area contributed by atoms with Crippen molar-refractivity contribution in [1.82, 2.24) is 25.5 Å². The van der Waals surface area contributed by atoms with Gasteiger partial charge in [0.25, 0.3) is 5.91 Å². The molecule has 0 saturated carbocycles. The van der Waals surface area contributed by atoms with Gasteiger partial charge in [0, 0.05) is 25.6 Å². The molecule has 1 fully saturated rings. The molecule has 210 valence electrons. The van der Waals surface area contributed by atoms with E-state index in [0.717, 1.165) is 0 Å². The van der Waals surface area contributed by atoms with Crippen LogP contribution in [0, 0.1) is 11.8 Å². The third-order valence-electron chi connectivity index (χ3n) is 6.80. The number of esters is 1. The van der Waals surface area contributed by atoms with Gasteiger partial charge in [0.15, 0.2) is 5.69 Å². The number of carbonyl (C=O) groups is 4. The van der Waals surface area contributed by atoms with E-state index in [0.29, 0.717) is 5.56 Å². The summed E-state index contributed by atoms with van der Waals surface area (Å²) in [5.74, 6) is -4.64. The van der Waals surface area contributed by atoms with Crippen LogP contribution in [0.2, 0.25) is 0 Å². The van der Waals surface area contributed by atoms with Gasteiger partial charge in [0.2, 0.25) is 11.8 Å². The van der Waals surface area contributed by atoms with E-state index in [4.69, 9.17) is 4.74 Å². The van der Waals surface area contributed by atoms with E-state index in [-0.39, 0.29) is 18.0 Å². The number of rotatable bonds is 5. The number of nitrogens with one attached hydrogen (secondary N) is 2. The first-order valence-corrected chi connectivity index (χ1v) is 12.7. The summed E-state index contributed by atoms with van der Waals surface area (Å²) in [6.45, 7) is 6.44. The van der Waals surface area contributed by atoms with Crippen molar-refractivity contribution in [3.8, 4) is 5.75 Å². The van der Waals surface area contributed by atoms with Gasteiger partial charge in [0.1, 0.15) is 23.9 Å². The average Bonchev–Trinajstić information content (AvgIpc) is 2.89. The summed E-state index contributed by atoms with van der Waals surface area (Å²) < 4.78 is 5.62. The van der Waals surface area contributed by atoms with Gasteiger partial charge in [-0.15, -0.1) is 0 Å². The van der Waals surface area contributed by atoms with Crippen molar-refractivity contribution in [3.63, 3.8) is 0 Å². The normalized spacial score (nSPS) is 26.7. The zero-order chi connectivity index (χ0) is 28.9. The van der Waals surface area contributed by atoms with E-state index in [9.17, 15) is 29.4 Å². The van der Waals surface area contributed by atoms with E-state index in [1.165, 1.54) is 44.1 Å². The fourth-order valence-electron chi connectivity index (χ4n) is 4.63. The lowest BCUT2D eigenvalue weighted by Gasteiger charge is -2.37. The van der Waals surface area contributed by atoms with Gasteiger partial charge in [-0.3, -0.25) is 19.4 Å². The van der Waals surface area contributed by atoms with Crippen LogP contribution in [0.3, 0.4) is 0 Å². The SMILES string of the molecule is CC(C)C1C(=O)O[C@H](C)[C@H](NC(=O)c2ncccc2O)C(=O)N[C@@H](Cc2cccnc2)[C@@H](O)[C@@H](C)C(=O)N1C. The summed E-state index contributed by atoms with van der Waals surface area (Å²) >= 11 is 0. The lowest BCUT2D eigenvalue weighted by Crippen LogP contribution is -2.61. The monoisotopic (exact) mass is 541 g/mol. The summed E-state index contributed by atoms with van der Waals surface area (Å²) in [6.07, 6.45) is 2.06. The minimum absolute atomic E-state index is 0.131. The molecule has 1 aliphatic rings. The highest BCUT2D eigenvalue weighted by atomic mass is 16.5. The van der Waals surface area contributed by atoms with Crippen LogP contribution in [0.5, 0.6) is 5.75 Å². The van der Waals surface area contributed by atoms with Gasteiger partial charge in [0.05, 0.1) is 18.1 Å². The fourth-order valence-corrected chi connectivity index (χ4v) is 4.63. The van der Waals surface area contributed by atoms with Crippen molar-refractivity contribution < 1.29 is 34.1 Å². The van der Waals surface area contributed by atoms with Crippen LogP contribution in [0.15, 0.2) is 42.9 Å². The number of ether oxygens (including phenoxy) is 1. The van der Waals surface area contributed by atoms with E-state index >= 15 is 0 Å². The van der Waals surface area contributed by atoms with Gasteiger partial charge in [-0.1, -0.05) is 26.8 Å². The topological polar surface area (TPSA) is 171 Å². The van der Waals surface area contributed by atoms with Crippen molar-refractivity contribution in [3.05, 3.63) is 54.1 Å². The molecule has 39 heavy (non-hydrogen) atoms. The first-order chi connectivity index (χ1) is 18.4. The van der Waals surface area contributed by atoms with Crippen molar-refractivity contribution in [2.75, 3.05) is 7.05 Å². The van der Waals surface area contributed by atoms with Crippen LogP contribution in [-0.2, 0) is 25.5 Å². The van der Waals surface area contributed by atoms with Crippen LogP contribution in [0.1, 0.15) is 43.7 Å². The Labute approximate surface area is 226 Å². The molecule has 2 aromatic heterocycles. The maximum atomic E-state index is 13.6. The van der Waals surface area contributed by atoms with E-state index in [1.54, 1.807) is 38.4 Å². The molecule has 0 bridgehead atoms. The summed E-state index contributed by atoms with van der Waals surface area (Å²) in [7, 11) is 1.46. The first kappa shape index (κ1) is 29.5. The molecule has 1 saturated heterocycles. The van der Waals surface area contributed by atoms with E-state index in [2.05, 4.69) is 20.6 Å². The van der Waals surface area contributed by atoms with Crippen LogP contribution in [0.25, 0.3) is 0 Å². The molecule has 0 spiro atoms. The van der Waals surface area contributed by atoms with Gasteiger partial charge < -0.3 is 30.5 Å². The summed E-state index contributed by atoms with van der Waals surface area (Å²) in [5.41, 5.74) is 0.376. The quantitative estimate of drug-likeness (QED) is 0.392. The number of hydrogen-bond acceptors (Lipinski definition) is 9. The largest absolute Gasteiger partial charge is 0.505 e. The zero-order valence-electron chi connectivity index (χ0n) is 22.6. The molecule has 0 radical (unpaired) electrons. The number of pyridine rings is 2. The average molecular weight is 542 g/mol. The second kappa shape index (κ2) is 12.7.